The van der Waals surface area contributed by atoms with E-state index in [1.54, 1.807) is 10.7 Å². The van der Waals surface area contributed by atoms with Crippen LogP contribution in [0.5, 0.6) is 0 Å². The van der Waals surface area contributed by atoms with Gasteiger partial charge in [0.15, 0.2) is 5.82 Å². The van der Waals surface area contributed by atoms with Gasteiger partial charge in [0.2, 0.25) is 0 Å². The van der Waals surface area contributed by atoms with Crippen LogP contribution in [0.2, 0.25) is 0 Å². The van der Waals surface area contributed by atoms with Crippen molar-refractivity contribution < 1.29 is 10.2 Å². The van der Waals surface area contributed by atoms with E-state index >= 15 is 0 Å². The second kappa shape index (κ2) is 4.43. The molecule has 108 valence electrons. The molecule has 2 aromatic heterocycles. The summed E-state index contributed by atoms with van der Waals surface area (Å²) < 4.78 is 1.81. The zero-order valence-electron chi connectivity index (χ0n) is 12.0. The predicted molar refractivity (Wildman–Crippen MR) is 75.9 cm³/mol. The van der Waals surface area contributed by atoms with Crippen molar-refractivity contribution >= 4 is 11.3 Å². The van der Waals surface area contributed by atoms with Crippen LogP contribution in [0.25, 0.3) is 5.52 Å². The Morgan fingerprint density at radius 1 is 1.20 bits per heavy atom. The first-order valence-corrected chi connectivity index (χ1v) is 6.82. The van der Waals surface area contributed by atoms with Crippen LogP contribution in [0.15, 0.2) is 18.5 Å². The summed E-state index contributed by atoms with van der Waals surface area (Å²) in [5.74, 6) is 0.756. The number of fused-ring (bicyclic) bond motifs is 1. The number of aromatic nitrogens is 3. The Kier molecular flexibility index (Phi) is 2.95. The van der Waals surface area contributed by atoms with Crippen molar-refractivity contribution in [3.63, 3.8) is 0 Å². The van der Waals surface area contributed by atoms with Gasteiger partial charge in [0.25, 0.3) is 0 Å². The molecule has 6 heteroatoms. The summed E-state index contributed by atoms with van der Waals surface area (Å²) in [5, 5.41) is 24.0. The molecule has 1 aliphatic heterocycles. The number of hydrogen-bond donors (Lipinski definition) is 2. The van der Waals surface area contributed by atoms with Crippen molar-refractivity contribution in [2.75, 3.05) is 18.0 Å². The molecule has 0 bridgehead atoms. The lowest BCUT2D eigenvalue weighted by Gasteiger charge is -2.16. The number of aliphatic hydroxyl groups excluding tert-OH is 2. The third-order valence-electron chi connectivity index (χ3n) is 3.70. The molecule has 1 aliphatic rings. The minimum Gasteiger partial charge on any atom is -0.389 e. The van der Waals surface area contributed by atoms with Gasteiger partial charge in [0.1, 0.15) is 5.52 Å². The van der Waals surface area contributed by atoms with Crippen LogP contribution < -0.4 is 4.90 Å². The van der Waals surface area contributed by atoms with Gasteiger partial charge in [-0.1, -0.05) is 20.8 Å². The smallest absolute Gasteiger partial charge is 0.154 e. The Hall–Kier alpha value is -1.66. The lowest BCUT2D eigenvalue weighted by molar-refractivity contribution is 0.0572. The molecular weight excluding hydrogens is 256 g/mol. The molecule has 2 unspecified atom stereocenters. The van der Waals surface area contributed by atoms with Crippen LogP contribution in [-0.2, 0) is 5.41 Å². The molecule has 2 atom stereocenters. The molecule has 2 N–H and O–H groups in total. The molecule has 6 nitrogen and oxygen atoms in total. The summed E-state index contributed by atoms with van der Waals surface area (Å²) in [6.07, 6.45) is 2.07. The monoisotopic (exact) mass is 276 g/mol. The SMILES string of the molecule is CC(C)(C)c1cc2c(N3CC(O)C(O)C3)nccn2n1. The van der Waals surface area contributed by atoms with Gasteiger partial charge in [-0.15, -0.1) is 0 Å². The van der Waals surface area contributed by atoms with Gasteiger partial charge < -0.3 is 15.1 Å². The lowest BCUT2D eigenvalue weighted by Crippen LogP contribution is -2.22. The fourth-order valence-corrected chi connectivity index (χ4v) is 2.46. The summed E-state index contributed by atoms with van der Waals surface area (Å²) >= 11 is 0. The zero-order valence-corrected chi connectivity index (χ0v) is 12.0. The first-order chi connectivity index (χ1) is 9.36. The van der Waals surface area contributed by atoms with Gasteiger partial charge in [-0.05, 0) is 6.07 Å². The Morgan fingerprint density at radius 3 is 2.45 bits per heavy atom. The van der Waals surface area contributed by atoms with E-state index in [9.17, 15) is 10.2 Å². The molecule has 1 fully saturated rings. The molecule has 0 aliphatic carbocycles. The van der Waals surface area contributed by atoms with Crippen LogP contribution in [0.3, 0.4) is 0 Å². The Morgan fingerprint density at radius 2 is 1.85 bits per heavy atom. The minimum atomic E-state index is -0.720. The average molecular weight is 276 g/mol. The Bertz CT molecular complexity index is 622. The van der Waals surface area contributed by atoms with Crippen LogP contribution >= 0.6 is 0 Å². The number of rotatable bonds is 1. The fraction of sp³-hybridized carbons (Fsp3) is 0.571. The number of β-amino-alcohol motifs (C(OH)–C–C–N with tert-alkyl or cyclic N) is 2. The summed E-state index contributed by atoms with van der Waals surface area (Å²) in [4.78, 5) is 6.30. The minimum absolute atomic E-state index is 0.0344. The number of hydrogen-bond acceptors (Lipinski definition) is 5. The maximum Gasteiger partial charge on any atom is 0.154 e. The van der Waals surface area contributed by atoms with Crippen molar-refractivity contribution in [3.8, 4) is 0 Å². The van der Waals surface area contributed by atoms with Gasteiger partial charge in [0, 0.05) is 30.9 Å². The molecule has 0 radical (unpaired) electrons. The van der Waals surface area contributed by atoms with Gasteiger partial charge in [-0.25, -0.2) is 9.50 Å². The second-order valence-electron chi connectivity index (χ2n) is 6.40. The Balaban J connectivity index is 2.06. The van der Waals surface area contributed by atoms with E-state index in [0.29, 0.717) is 13.1 Å². The number of aliphatic hydroxyl groups is 2. The van der Waals surface area contributed by atoms with Crippen molar-refractivity contribution in [1.29, 1.82) is 0 Å². The largest absolute Gasteiger partial charge is 0.389 e. The van der Waals surface area contributed by atoms with E-state index in [2.05, 4.69) is 30.9 Å². The van der Waals surface area contributed by atoms with E-state index in [0.717, 1.165) is 17.0 Å². The van der Waals surface area contributed by atoms with Crippen molar-refractivity contribution in [1.82, 2.24) is 14.6 Å². The van der Waals surface area contributed by atoms with E-state index < -0.39 is 12.2 Å². The van der Waals surface area contributed by atoms with Gasteiger partial charge in [0.05, 0.1) is 17.9 Å². The predicted octanol–water partition coefficient (Wildman–Crippen LogP) is 0.569. The first-order valence-electron chi connectivity index (χ1n) is 6.82. The summed E-state index contributed by atoms with van der Waals surface area (Å²) in [6, 6.07) is 2.03. The lowest BCUT2D eigenvalue weighted by atomic mass is 9.92. The summed E-state index contributed by atoms with van der Waals surface area (Å²) in [7, 11) is 0. The highest BCUT2D eigenvalue weighted by atomic mass is 16.3. The van der Waals surface area contributed by atoms with Gasteiger partial charge >= 0.3 is 0 Å². The highest BCUT2D eigenvalue weighted by Crippen LogP contribution is 2.28. The van der Waals surface area contributed by atoms with Crippen molar-refractivity contribution in [2.45, 2.75) is 38.4 Å². The maximum absolute atomic E-state index is 9.69. The van der Waals surface area contributed by atoms with Crippen LogP contribution in [0.1, 0.15) is 26.5 Å². The quantitative estimate of drug-likeness (QED) is 0.796. The van der Waals surface area contributed by atoms with Crippen LogP contribution in [-0.4, -0.2) is 50.1 Å². The molecule has 0 amide bonds. The molecule has 3 heterocycles. The van der Waals surface area contributed by atoms with Crippen molar-refractivity contribution in [2.24, 2.45) is 0 Å². The second-order valence-corrected chi connectivity index (χ2v) is 6.40. The van der Waals surface area contributed by atoms with Crippen LogP contribution in [0, 0.1) is 0 Å². The highest BCUT2D eigenvalue weighted by molar-refractivity contribution is 5.70. The topological polar surface area (TPSA) is 73.9 Å². The molecule has 20 heavy (non-hydrogen) atoms. The summed E-state index contributed by atoms with van der Waals surface area (Å²) in [6.45, 7) is 7.13. The summed E-state index contributed by atoms with van der Waals surface area (Å²) in [5.41, 5.74) is 1.86. The van der Waals surface area contributed by atoms with E-state index in [1.807, 2.05) is 17.2 Å². The average Bonchev–Trinajstić information content (AvgIpc) is 2.93. The highest BCUT2D eigenvalue weighted by Gasteiger charge is 2.31. The molecule has 0 saturated carbocycles. The van der Waals surface area contributed by atoms with E-state index in [-0.39, 0.29) is 5.41 Å². The molecule has 2 aromatic rings. The van der Waals surface area contributed by atoms with Crippen LogP contribution in [0.4, 0.5) is 5.82 Å². The maximum atomic E-state index is 9.69. The molecule has 0 aromatic carbocycles. The molecule has 1 saturated heterocycles. The van der Waals surface area contributed by atoms with Gasteiger partial charge in [-0.3, -0.25) is 0 Å². The number of nitrogens with zero attached hydrogens (tertiary/aromatic N) is 4. The number of anilines is 1. The standard InChI is InChI=1S/C14H20N4O2/c1-14(2,3)12-6-9-13(15-4-5-18(9)16-12)17-7-10(19)11(20)8-17/h4-6,10-11,19-20H,7-8H2,1-3H3. The third-order valence-corrected chi connectivity index (χ3v) is 3.70. The van der Waals surface area contributed by atoms with Crippen molar-refractivity contribution in [3.05, 3.63) is 24.2 Å². The van der Waals surface area contributed by atoms with E-state index in [4.69, 9.17) is 0 Å². The zero-order chi connectivity index (χ0) is 14.5. The third kappa shape index (κ3) is 2.14. The normalized spacial score (nSPS) is 23.8. The van der Waals surface area contributed by atoms with Gasteiger partial charge in [-0.2, -0.15) is 5.10 Å². The van der Waals surface area contributed by atoms with E-state index in [1.165, 1.54) is 0 Å². The fourth-order valence-electron chi connectivity index (χ4n) is 2.46. The first kappa shape index (κ1) is 13.3. The molecule has 0 spiro atoms. The molecular formula is C14H20N4O2. The molecule has 3 rings (SSSR count). The Labute approximate surface area is 117 Å².